The molecule has 21 heavy (non-hydrogen) atoms. The molecule has 1 aliphatic rings. The van der Waals surface area contributed by atoms with Crippen molar-refractivity contribution in [1.82, 2.24) is 9.55 Å². The van der Waals surface area contributed by atoms with E-state index in [0.29, 0.717) is 6.04 Å². The minimum atomic E-state index is 0.0176. The van der Waals surface area contributed by atoms with Crippen molar-refractivity contribution in [3.63, 3.8) is 0 Å². The van der Waals surface area contributed by atoms with Crippen LogP contribution >= 0.6 is 0 Å². The molecule has 0 aliphatic heterocycles. The maximum atomic E-state index is 6.46. The molecule has 1 fully saturated rings. The zero-order valence-corrected chi connectivity index (χ0v) is 12.8. The summed E-state index contributed by atoms with van der Waals surface area (Å²) in [4.78, 5) is 4.38. The molecular weight excluding hydrogens is 258 g/mol. The van der Waals surface area contributed by atoms with Gasteiger partial charge in [0.2, 0.25) is 0 Å². The van der Waals surface area contributed by atoms with Gasteiger partial charge in [0.15, 0.2) is 0 Å². The molecule has 3 heteroatoms. The predicted molar refractivity (Wildman–Crippen MR) is 86.0 cm³/mol. The predicted octanol–water partition coefficient (Wildman–Crippen LogP) is 3.88. The summed E-state index contributed by atoms with van der Waals surface area (Å²) in [5.41, 5.74) is 8.93. The van der Waals surface area contributed by atoms with Crippen LogP contribution in [-0.4, -0.2) is 9.55 Å². The van der Waals surface area contributed by atoms with Gasteiger partial charge < -0.3 is 10.3 Å². The number of hydrogen-bond acceptors (Lipinski definition) is 2. The number of aromatic nitrogens is 2. The average Bonchev–Trinajstić information content (AvgIpc) is 2.98. The highest BCUT2D eigenvalue weighted by molar-refractivity contribution is 5.19. The van der Waals surface area contributed by atoms with Crippen molar-refractivity contribution < 1.29 is 0 Å². The van der Waals surface area contributed by atoms with Crippen LogP contribution in [0.5, 0.6) is 0 Å². The molecule has 1 aliphatic carbocycles. The number of nitrogens with zero attached hydrogens (tertiary/aromatic N) is 2. The molecule has 112 valence electrons. The highest BCUT2D eigenvalue weighted by Crippen LogP contribution is 2.35. The standard InChI is InChI=1S/C18H25N3/c1-14-7-5-6-10-17(14)21-13-20-12-18(21)16(19)11-15-8-3-2-4-9-15/h2-4,8-9,12-14,16-17H,5-7,10-11,19H2,1H3/t14?,16-,17?/m1/s1. The Morgan fingerprint density at radius 3 is 2.76 bits per heavy atom. The van der Waals surface area contributed by atoms with Crippen LogP contribution in [0.4, 0.5) is 0 Å². The van der Waals surface area contributed by atoms with Crippen molar-refractivity contribution >= 4 is 0 Å². The first-order valence-corrected chi connectivity index (χ1v) is 8.07. The summed E-state index contributed by atoms with van der Waals surface area (Å²) in [6, 6.07) is 11.1. The molecule has 0 saturated heterocycles. The monoisotopic (exact) mass is 283 g/mol. The molecular formula is C18H25N3. The zero-order chi connectivity index (χ0) is 14.7. The first kappa shape index (κ1) is 14.3. The van der Waals surface area contributed by atoms with Gasteiger partial charge in [0.1, 0.15) is 0 Å². The van der Waals surface area contributed by atoms with E-state index in [1.807, 2.05) is 18.6 Å². The maximum absolute atomic E-state index is 6.46. The number of nitrogens with two attached hydrogens (primary N) is 1. The third-order valence-corrected chi connectivity index (χ3v) is 4.80. The lowest BCUT2D eigenvalue weighted by molar-refractivity contribution is 0.250. The van der Waals surface area contributed by atoms with E-state index in [0.717, 1.165) is 12.3 Å². The fraction of sp³-hybridized carbons (Fsp3) is 0.500. The molecule has 2 aromatic rings. The Bertz CT molecular complexity index is 561. The van der Waals surface area contributed by atoms with Crippen molar-refractivity contribution in [2.45, 2.75) is 51.1 Å². The Hall–Kier alpha value is -1.61. The second-order valence-electron chi connectivity index (χ2n) is 6.35. The van der Waals surface area contributed by atoms with Gasteiger partial charge in [0.25, 0.3) is 0 Å². The molecule has 3 atom stereocenters. The van der Waals surface area contributed by atoms with Crippen LogP contribution in [0, 0.1) is 5.92 Å². The Kier molecular flexibility index (Phi) is 4.39. The Labute approximate surface area is 127 Å². The van der Waals surface area contributed by atoms with E-state index < -0.39 is 0 Å². The van der Waals surface area contributed by atoms with Gasteiger partial charge in [-0.05, 0) is 30.7 Å². The van der Waals surface area contributed by atoms with Crippen molar-refractivity contribution in [3.05, 3.63) is 54.1 Å². The second-order valence-corrected chi connectivity index (χ2v) is 6.35. The number of imidazole rings is 1. The molecule has 0 amide bonds. The van der Waals surface area contributed by atoms with E-state index in [9.17, 15) is 0 Å². The summed E-state index contributed by atoms with van der Waals surface area (Å²) in [5, 5.41) is 0. The van der Waals surface area contributed by atoms with Gasteiger partial charge in [-0.25, -0.2) is 4.98 Å². The summed E-state index contributed by atoms with van der Waals surface area (Å²) in [6.45, 7) is 2.36. The van der Waals surface area contributed by atoms with Crippen molar-refractivity contribution in [2.75, 3.05) is 0 Å². The summed E-state index contributed by atoms with van der Waals surface area (Å²) in [7, 11) is 0. The zero-order valence-electron chi connectivity index (χ0n) is 12.8. The topological polar surface area (TPSA) is 43.8 Å². The highest BCUT2D eigenvalue weighted by Gasteiger charge is 2.25. The molecule has 3 rings (SSSR count). The van der Waals surface area contributed by atoms with Crippen LogP contribution in [0.2, 0.25) is 0 Å². The quantitative estimate of drug-likeness (QED) is 0.925. The third-order valence-electron chi connectivity index (χ3n) is 4.80. The summed E-state index contributed by atoms with van der Waals surface area (Å²) in [6.07, 6.45) is 10.0. The van der Waals surface area contributed by atoms with Gasteiger partial charge in [0.05, 0.1) is 18.1 Å². The molecule has 2 N–H and O–H groups in total. The van der Waals surface area contributed by atoms with E-state index >= 15 is 0 Å². The van der Waals surface area contributed by atoms with Gasteiger partial charge in [-0.3, -0.25) is 0 Å². The first-order valence-electron chi connectivity index (χ1n) is 8.07. The fourth-order valence-corrected chi connectivity index (χ4v) is 3.56. The van der Waals surface area contributed by atoms with Gasteiger partial charge in [-0.2, -0.15) is 0 Å². The van der Waals surface area contributed by atoms with E-state index in [-0.39, 0.29) is 6.04 Å². The number of hydrogen-bond donors (Lipinski definition) is 1. The lowest BCUT2D eigenvalue weighted by atomic mass is 9.85. The number of rotatable bonds is 4. The summed E-state index contributed by atoms with van der Waals surface area (Å²) < 4.78 is 2.34. The van der Waals surface area contributed by atoms with E-state index in [1.165, 1.54) is 36.9 Å². The Balaban J connectivity index is 1.78. The maximum Gasteiger partial charge on any atom is 0.0951 e. The van der Waals surface area contributed by atoms with Gasteiger partial charge in [0, 0.05) is 12.2 Å². The third kappa shape index (κ3) is 3.18. The Morgan fingerprint density at radius 2 is 2.00 bits per heavy atom. The molecule has 2 unspecified atom stereocenters. The molecule has 1 heterocycles. The largest absolute Gasteiger partial charge is 0.330 e. The first-order chi connectivity index (χ1) is 10.3. The summed E-state index contributed by atoms with van der Waals surface area (Å²) in [5.74, 6) is 0.718. The average molecular weight is 283 g/mol. The van der Waals surface area contributed by atoms with Gasteiger partial charge >= 0.3 is 0 Å². The molecule has 0 spiro atoms. The molecule has 1 saturated carbocycles. The smallest absolute Gasteiger partial charge is 0.0951 e. The van der Waals surface area contributed by atoms with Crippen molar-refractivity contribution in [2.24, 2.45) is 11.7 Å². The summed E-state index contributed by atoms with van der Waals surface area (Å²) >= 11 is 0. The normalized spacial score (nSPS) is 23.9. The van der Waals surface area contributed by atoms with Gasteiger partial charge in [-0.1, -0.05) is 50.1 Å². The second kappa shape index (κ2) is 6.44. The molecule has 0 radical (unpaired) electrons. The number of benzene rings is 1. The molecule has 1 aromatic carbocycles. The lowest BCUT2D eigenvalue weighted by Gasteiger charge is -2.32. The van der Waals surface area contributed by atoms with Crippen LogP contribution in [0.25, 0.3) is 0 Å². The van der Waals surface area contributed by atoms with Crippen molar-refractivity contribution in [3.8, 4) is 0 Å². The minimum absolute atomic E-state index is 0.0176. The van der Waals surface area contributed by atoms with Crippen LogP contribution in [-0.2, 0) is 6.42 Å². The van der Waals surface area contributed by atoms with E-state index in [4.69, 9.17) is 5.73 Å². The van der Waals surface area contributed by atoms with E-state index in [1.54, 1.807) is 0 Å². The van der Waals surface area contributed by atoms with Crippen LogP contribution in [0.15, 0.2) is 42.9 Å². The van der Waals surface area contributed by atoms with Crippen LogP contribution < -0.4 is 5.73 Å². The van der Waals surface area contributed by atoms with Gasteiger partial charge in [-0.15, -0.1) is 0 Å². The fourth-order valence-electron chi connectivity index (χ4n) is 3.56. The SMILES string of the molecule is CC1CCCCC1n1cncc1[C@H](N)Cc1ccccc1. The minimum Gasteiger partial charge on any atom is -0.330 e. The Morgan fingerprint density at radius 1 is 1.24 bits per heavy atom. The highest BCUT2D eigenvalue weighted by atomic mass is 15.1. The molecule has 0 bridgehead atoms. The lowest BCUT2D eigenvalue weighted by Crippen LogP contribution is -2.25. The molecule has 3 nitrogen and oxygen atoms in total. The van der Waals surface area contributed by atoms with Crippen molar-refractivity contribution in [1.29, 1.82) is 0 Å². The molecule has 1 aromatic heterocycles. The van der Waals surface area contributed by atoms with Crippen LogP contribution in [0.1, 0.15) is 55.9 Å². The van der Waals surface area contributed by atoms with E-state index in [2.05, 4.69) is 40.7 Å². The van der Waals surface area contributed by atoms with Crippen LogP contribution in [0.3, 0.4) is 0 Å².